The largest absolute Gasteiger partial charge is 0.480 e. The molecule has 1 fully saturated rings. The molecule has 98 valence electrons. The first-order chi connectivity index (χ1) is 8.56. The minimum Gasteiger partial charge on any atom is -0.480 e. The Hall–Kier alpha value is -0.770. The van der Waals surface area contributed by atoms with Gasteiger partial charge in [-0.3, -0.25) is 9.69 Å². The molecule has 1 heterocycles. The van der Waals surface area contributed by atoms with E-state index in [1.54, 1.807) is 18.2 Å². The fraction of sp³-hybridized carbons (Fsp3) is 0.462. The van der Waals surface area contributed by atoms with Gasteiger partial charge in [0.1, 0.15) is 6.04 Å². The lowest BCUT2D eigenvalue weighted by molar-refractivity contribution is -0.142. The van der Waals surface area contributed by atoms with Crippen LogP contribution >= 0.6 is 23.2 Å². The molecule has 0 saturated carbocycles. The lowest BCUT2D eigenvalue weighted by atomic mass is 10.0. The number of carbonyl (C=O) groups is 1. The molecule has 2 rings (SSSR count). The molecule has 18 heavy (non-hydrogen) atoms. The van der Waals surface area contributed by atoms with Crippen molar-refractivity contribution in [1.29, 1.82) is 0 Å². The van der Waals surface area contributed by atoms with E-state index in [0.29, 0.717) is 16.5 Å². The van der Waals surface area contributed by atoms with Crippen LogP contribution in [0.1, 0.15) is 18.4 Å². The second kappa shape index (κ2) is 5.91. The van der Waals surface area contributed by atoms with E-state index < -0.39 is 12.0 Å². The van der Waals surface area contributed by atoms with Crippen molar-refractivity contribution < 1.29 is 9.90 Å². The van der Waals surface area contributed by atoms with Gasteiger partial charge in [0.25, 0.3) is 0 Å². The number of aliphatic carboxylic acids is 1. The highest BCUT2D eigenvalue weighted by atomic mass is 35.5. The van der Waals surface area contributed by atoms with Crippen molar-refractivity contribution in [2.75, 3.05) is 13.1 Å². The Morgan fingerprint density at radius 1 is 1.22 bits per heavy atom. The Morgan fingerprint density at radius 2 is 1.78 bits per heavy atom. The highest BCUT2D eigenvalue weighted by Crippen LogP contribution is 2.22. The molecule has 1 N–H and O–H groups in total. The summed E-state index contributed by atoms with van der Waals surface area (Å²) in [6, 6.07) is 4.72. The fourth-order valence-corrected chi connectivity index (χ4v) is 2.95. The number of halogens is 2. The summed E-state index contributed by atoms with van der Waals surface area (Å²) in [6.07, 6.45) is 2.58. The van der Waals surface area contributed by atoms with Crippen LogP contribution in [0.25, 0.3) is 0 Å². The van der Waals surface area contributed by atoms with Crippen LogP contribution in [-0.4, -0.2) is 35.1 Å². The zero-order valence-corrected chi connectivity index (χ0v) is 11.4. The van der Waals surface area contributed by atoms with Crippen molar-refractivity contribution in [3.8, 4) is 0 Å². The summed E-state index contributed by atoms with van der Waals surface area (Å²) < 4.78 is 0. The van der Waals surface area contributed by atoms with Gasteiger partial charge in [0, 0.05) is 10.0 Å². The topological polar surface area (TPSA) is 40.5 Å². The standard InChI is InChI=1S/C13H15Cl2NO2/c14-10-5-9(6-11(15)8-10)7-12(13(17)18)16-3-1-2-4-16/h5-6,8,12H,1-4,7H2,(H,17,18). The molecule has 1 atom stereocenters. The molecule has 3 nitrogen and oxygen atoms in total. The van der Waals surface area contributed by atoms with Crippen LogP contribution in [0.5, 0.6) is 0 Å². The second-order valence-electron chi connectivity index (χ2n) is 4.58. The Morgan fingerprint density at radius 3 is 2.28 bits per heavy atom. The lowest BCUT2D eigenvalue weighted by Crippen LogP contribution is -2.40. The summed E-state index contributed by atoms with van der Waals surface area (Å²) in [7, 11) is 0. The van der Waals surface area contributed by atoms with Crippen molar-refractivity contribution in [3.05, 3.63) is 33.8 Å². The number of hydrogen-bond acceptors (Lipinski definition) is 2. The molecule has 5 heteroatoms. The van der Waals surface area contributed by atoms with Crippen molar-refractivity contribution in [1.82, 2.24) is 4.90 Å². The smallest absolute Gasteiger partial charge is 0.321 e. The van der Waals surface area contributed by atoms with E-state index in [4.69, 9.17) is 23.2 Å². The molecule has 0 aliphatic carbocycles. The summed E-state index contributed by atoms with van der Waals surface area (Å²) >= 11 is 11.9. The Labute approximate surface area is 116 Å². The number of carboxylic acids is 1. The monoisotopic (exact) mass is 287 g/mol. The molecule has 1 aliphatic heterocycles. The number of hydrogen-bond donors (Lipinski definition) is 1. The molecule has 1 saturated heterocycles. The van der Waals surface area contributed by atoms with E-state index in [-0.39, 0.29) is 0 Å². The van der Waals surface area contributed by atoms with Crippen molar-refractivity contribution in [3.63, 3.8) is 0 Å². The predicted molar refractivity (Wildman–Crippen MR) is 72.4 cm³/mol. The average molecular weight is 288 g/mol. The van der Waals surface area contributed by atoms with Crippen molar-refractivity contribution in [2.24, 2.45) is 0 Å². The number of nitrogens with zero attached hydrogens (tertiary/aromatic N) is 1. The molecule has 0 spiro atoms. The number of carboxylic acid groups (broad SMARTS) is 1. The summed E-state index contributed by atoms with van der Waals surface area (Å²) in [5.74, 6) is -0.784. The molecule has 0 bridgehead atoms. The molecule has 1 aromatic rings. The molecule has 0 amide bonds. The first kappa shape index (κ1) is 13.7. The van der Waals surface area contributed by atoms with E-state index >= 15 is 0 Å². The van der Waals surface area contributed by atoms with Crippen LogP contribution in [0.4, 0.5) is 0 Å². The average Bonchev–Trinajstić information content (AvgIpc) is 2.77. The van der Waals surface area contributed by atoms with Crippen LogP contribution in [0.2, 0.25) is 10.0 Å². The first-order valence-electron chi connectivity index (χ1n) is 5.98. The predicted octanol–water partition coefficient (Wildman–Crippen LogP) is 3.08. The van der Waals surface area contributed by atoms with E-state index in [1.165, 1.54) is 0 Å². The molecule has 1 aliphatic rings. The summed E-state index contributed by atoms with van der Waals surface area (Å²) in [5.41, 5.74) is 0.867. The Balaban J connectivity index is 2.15. The van der Waals surface area contributed by atoms with Gasteiger partial charge < -0.3 is 5.11 Å². The highest BCUT2D eigenvalue weighted by molar-refractivity contribution is 6.34. The lowest BCUT2D eigenvalue weighted by Gasteiger charge is -2.23. The van der Waals surface area contributed by atoms with Crippen molar-refractivity contribution >= 4 is 29.2 Å². The van der Waals surface area contributed by atoms with E-state index in [0.717, 1.165) is 31.5 Å². The van der Waals surface area contributed by atoms with Gasteiger partial charge in [-0.25, -0.2) is 0 Å². The van der Waals surface area contributed by atoms with Crippen LogP contribution in [-0.2, 0) is 11.2 Å². The fourth-order valence-electron chi connectivity index (χ4n) is 2.38. The highest BCUT2D eigenvalue weighted by Gasteiger charge is 2.28. The van der Waals surface area contributed by atoms with Gasteiger partial charge in [-0.1, -0.05) is 23.2 Å². The quantitative estimate of drug-likeness (QED) is 0.925. The Bertz CT molecular complexity index is 424. The van der Waals surface area contributed by atoms with Crippen molar-refractivity contribution in [2.45, 2.75) is 25.3 Å². The maximum atomic E-state index is 11.4. The summed E-state index contributed by atoms with van der Waals surface area (Å²) in [6.45, 7) is 1.70. The van der Waals surface area contributed by atoms with Crippen LogP contribution in [0, 0.1) is 0 Å². The van der Waals surface area contributed by atoms with Crippen LogP contribution in [0.3, 0.4) is 0 Å². The third-order valence-electron chi connectivity index (χ3n) is 3.22. The normalized spacial score (nSPS) is 17.9. The molecule has 1 unspecified atom stereocenters. The molecule has 1 aromatic carbocycles. The Kier molecular flexibility index (Phi) is 4.49. The maximum absolute atomic E-state index is 11.4. The molecule has 0 radical (unpaired) electrons. The summed E-state index contributed by atoms with van der Waals surface area (Å²) in [4.78, 5) is 13.4. The second-order valence-corrected chi connectivity index (χ2v) is 5.45. The number of rotatable bonds is 4. The number of likely N-dealkylation sites (tertiary alicyclic amines) is 1. The van der Waals surface area contributed by atoms with E-state index in [9.17, 15) is 9.90 Å². The van der Waals surface area contributed by atoms with E-state index in [2.05, 4.69) is 0 Å². The van der Waals surface area contributed by atoms with Gasteiger partial charge in [0.2, 0.25) is 0 Å². The number of benzene rings is 1. The minimum absolute atomic E-state index is 0.440. The van der Waals surface area contributed by atoms with Gasteiger partial charge in [-0.2, -0.15) is 0 Å². The van der Waals surface area contributed by atoms with Gasteiger partial charge in [-0.05, 0) is 56.1 Å². The SMILES string of the molecule is O=C(O)C(Cc1cc(Cl)cc(Cl)c1)N1CCCC1. The van der Waals surface area contributed by atoms with E-state index in [1.807, 2.05) is 4.90 Å². The third kappa shape index (κ3) is 3.37. The molecule has 0 aromatic heterocycles. The molecular formula is C13H15Cl2NO2. The summed E-state index contributed by atoms with van der Waals surface area (Å²) in [5, 5.41) is 10.4. The van der Waals surface area contributed by atoms with Crippen LogP contribution in [0.15, 0.2) is 18.2 Å². The van der Waals surface area contributed by atoms with Gasteiger partial charge in [-0.15, -0.1) is 0 Å². The van der Waals surface area contributed by atoms with Gasteiger partial charge in [0.15, 0.2) is 0 Å². The molecular weight excluding hydrogens is 273 g/mol. The van der Waals surface area contributed by atoms with Gasteiger partial charge in [0.05, 0.1) is 0 Å². The first-order valence-corrected chi connectivity index (χ1v) is 6.73. The third-order valence-corrected chi connectivity index (χ3v) is 3.65. The minimum atomic E-state index is -0.784. The van der Waals surface area contributed by atoms with Gasteiger partial charge >= 0.3 is 5.97 Å². The van der Waals surface area contributed by atoms with Crippen LogP contribution < -0.4 is 0 Å². The maximum Gasteiger partial charge on any atom is 0.321 e. The zero-order valence-electron chi connectivity index (χ0n) is 9.90. The zero-order chi connectivity index (χ0) is 13.1.